The number of hydrogen-bond acceptors (Lipinski definition) is 15. The number of carbonyl (C=O) groups excluding carboxylic acids is 6. The van der Waals surface area contributed by atoms with Crippen molar-refractivity contribution < 1.29 is 71.4 Å². The summed E-state index contributed by atoms with van der Waals surface area (Å²) in [6.45, 7) is 16.8. The van der Waals surface area contributed by atoms with Crippen molar-refractivity contribution in [2.24, 2.45) is 26.2 Å². The predicted molar refractivity (Wildman–Crippen MR) is 323 cm³/mol. The smallest absolute Gasteiger partial charge is 0.449 e. The molecule has 0 radical (unpaired) electrons. The normalized spacial score (nSPS) is 14.7. The third-order valence-electron chi connectivity index (χ3n) is 14.6. The Kier molecular flexibility index (Phi) is 24.1. The Morgan fingerprint density at radius 2 is 1.26 bits per heavy atom. The van der Waals surface area contributed by atoms with E-state index in [1.807, 2.05) is 37.3 Å². The minimum absolute atomic E-state index is 0.0256. The van der Waals surface area contributed by atoms with Crippen molar-refractivity contribution in [3.8, 4) is 0 Å². The molecular formula is C61H76B3F4N7O11. The van der Waals surface area contributed by atoms with E-state index in [2.05, 4.69) is 56.7 Å². The van der Waals surface area contributed by atoms with Crippen LogP contribution in [0.2, 0.25) is 12.6 Å². The molecule has 86 heavy (non-hydrogen) atoms. The van der Waals surface area contributed by atoms with Crippen LogP contribution < -0.4 is 16.0 Å². The predicted octanol–water partition coefficient (Wildman–Crippen LogP) is 7.00. The number of nitrogens with one attached hydrogen (secondary N) is 3. The molecule has 1 aliphatic carbocycles. The molecule has 18 nitrogen and oxygen atoms in total. The second-order valence-electron chi connectivity index (χ2n) is 24.5. The molecular weight excluding hydrogens is 1120 g/mol. The van der Waals surface area contributed by atoms with Gasteiger partial charge in [0.1, 0.15) is 17.2 Å². The Labute approximate surface area is 499 Å². The fourth-order valence-electron chi connectivity index (χ4n) is 9.23. The van der Waals surface area contributed by atoms with Crippen molar-refractivity contribution in [3.05, 3.63) is 143 Å². The van der Waals surface area contributed by atoms with Crippen LogP contribution in [0, 0.1) is 29.0 Å². The van der Waals surface area contributed by atoms with Crippen molar-refractivity contribution in [3.63, 3.8) is 0 Å². The van der Waals surface area contributed by atoms with E-state index in [9.17, 15) is 71.4 Å². The molecule has 5 aromatic rings. The highest BCUT2D eigenvalue weighted by Gasteiger charge is 2.52. The largest absolute Gasteiger partial charge is 0.475 e. The number of para-hydroxylation sites is 2. The van der Waals surface area contributed by atoms with Crippen LogP contribution in [0.4, 0.5) is 17.6 Å². The Bertz CT molecular complexity index is 3260. The molecule has 0 bridgehead atoms. The first-order valence-corrected chi connectivity index (χ1v) is 28.3. The molecule has 4 aromatic carbocycles. The zero-order chi connectivity index (χ0) is 64.0. The Balaban J connectivity index is 0.000000238. The van der Waals surface area contributed by atoms with Gasteiger partial charge in [-0.2, -0.15) is 13.2 Å². The molecule has 8 N–H and O–H groups in total. The standard InChI is InChI=1S/C22H23BF3NO4.C22H23BFN3O4.C17H30BN3O3/c1-14-6-8-15(9-7-14)12-16(23(30)31)13-19(28)21(10-11-21)27-20(29)17-4-2-3-5-18(17)22(24,25)26;1-22(2,12-19(28)18-13-25-16-9-5-6-10-17(16)26-18)21(29)27-20(23(30)31)11-14-7-3-4-8-15(14)24;1-16(2,3)10-14(18(6)24)21-15(23)17(4,5)9-13(22)12-11-19-7-8-20-12/h2-9,16,30-31H,10-13H2,1H3,(H,27,29);3-10,13,20,30-31H,11-12H2,1-2H3,(H,27,29);11,14,24H,7-10H2,1-6H3,(H,21,23)/t16-;20-;14-/m100/s1. The number of carbonyl (C=O) groups is 6. The number of rotatable bonds is 23. The number of aryl methyl sites for hydroxylation is 1. The van der Waals surface area contributed by atoms with Gasteiger partial charge in [0.25, 0.3) is 5.91 Å². The Morgan fingerprint density at radius 1 is 0.686 bits per heavy atom. The third-order valence-corrected chi connectivity index (χ3v) is 14.6. The Hall–Kier alpha value is -7.31. The molecule has 25 heteroatoms. The molecule has 7 rings (SSSR count). The highest BCUT2D eigenvalue weighted by Crippen LogP contribution is 2.41. The van der Waals surface area contributed by atoms with Crippen molar-refractivity contribution in [1.82, 2.24) is 25.9 Å². The number of nitrogens with zero attached hydrogens (tertiary/aromatic N) is 4. The van der Waals surface area contributed by atoms with Gasteiger partial charge >= 0.3 is 27.3 Å². The molecule has 1 fully saturated rings. The fraction of sp³-hybridized carbons (Fsp3) is 0.443. The van der Waals surface area contributed by atoms with Crippen LogP contribution in [0.3, 0.4) is 0 Å². The van der Waals surface area contributed by atoms with Crippen LogP contribution in [0.15, 0.2) is 113 Å². The van der Waals surface area contributed by atoms with Gasteiger partial charge in [-0.3, -0.25) is 43.7 Å². The summed E-state index contributed by atoms with van der Waals surface area (Å²) < 4.78 is 53.5. The molecule has 0 saturated heterocycles. The summed E-state index contributed by atoms with van der Waals surface area (Å²) >= 11 is 0. The number of aliphatic imine (C=N–C) groups is 2. The second-order valence-corrected chi connectivity index (χ2v) is 24.5. The average molecular weight is 1190 g/mol. The van der Waals surface area contributed by atoms with Gasteiger partial charge in [-0.05, 0) is 85.9 Å². The van der Waals surface area contributed by atoms with Gasteiger partial charge in [0.05, 0.1) is 70.0 Å². The second kappa shape index (κ2) is 29.9. The van der Waals surface area contributed by atoms with Gasteiger partial charge in [-0.25, -0.2) is 9.37 Å². The summed E-state index contributed by atoms with van der Waals surface area (Å²) in [5.74, 6) is -5.53. The lowest BCUT2D eigenvalue weighted by atomic mass is 9.59. The van der Waals surface area contributed by atoms with Crippen molar-refractivity contribution in [2.45, 2.75) is 143 Å². The number of Topliss-reactive ketones (excluding diaryl/α,β-unsaturated/α-hetero) is 3. The number of halogens is 4. The first kappa shape index (κ1) is 69.5. The van der Waals surface area contributed by atoms with E-state index < -0.39 is 90.0 Å². The van der Waals surface area contributed by atoms with Crippen molar-refractivity contribution in [1.29, 1.82) is 0 Å². The zero-order valence-electron chi connectivity index (χ0n) is 49.9. The van der Waals surface area contributed by atoms with Gasteiger partial charge in [0, 0.05) is 31.0 Å². The minimum atomic E-state index is -4.70. The zero-order valence-corrected chi connectivity index (χ0v) is 49.9. The SMILES string of the molecule is CB(O)[C@H](CC(C)(C)C)NC(=O)C(C)(C)CC(=O)C1=NCCN=C1.CC(C)(CC(=O)c1cnc2ccccc2n1)C(=O)N[C@@H](Cc1ccccc1F)B(O)O.Cc1ccc(C[C@H](CC(=O)C2(NC(=O)c3ccccc3C(F)(F)F)CC2)B(O)O)cc1. The van der Waals surface area contributed by atoms with Crippen molar-refractivity contribution >= 4 is 79.2 Å². The highest BCUT2D eigenvalue weighted by molar-refractivity contribution is 6.61. The quantitative estimate of drug-likeness (QED) is 0.0186. The number of alkyl halides is 3. The maximum Gasteiger partial charge on any atom is 0.475 e. The van der Waals surface area contributed by atoms with Gasteiger partial charge in [-0.15, -0.1) is 0 Å². The monoisotopic (exact) mass is 1190 g/mol. The van der Waals surface area contributed by atoms with E-state index in [1.165, 1.54) is 42.7 Å². The number of ketones is 3. The summed E-state index contributed by atoms with van der Waals surface area (Å²) in [7, 11) is -3.65. The lowest BCUT2D eigenvalue weighted by Crippen LogP contribution is -2.52. The van der Waals surface area contributed by atoms with Crippen LogP contribution in [0.1, 0.15) is 130 Å². The maximum atomic E-state index is 13.9. The number of aromatic nitrogens is 2. The molecule has 1 aromatic heterocycles. The molecule has 0 spiro atoms. The summed E-state index contributed by atoms with van der Waals surface area (Å²) in [6.07, 6.45) is -0.794. The van der Waals surface area contributed by atoms with E-state index in [4.69, 9.17) is 0 Å². The average Bonchev–Trinajstić information content (AvgIpc) is 2.28. The first-order valence-electron chi connectivity index (χ1n) is 28.3. The molecule has 2 aliphatic rings. The summed E-state index contributed by atoms with van der Waals surface area (Å²) in [6, 6.07) is 24.8. The number of amides is 3. The van der Waals surface area contributed by atoms with Gasteiger partial charge < -0.3 is 41.1 Å². The molecule has 0 unspecified atom stereocenters. The van der Waals surface area contributed by atoms with E-state index in [0.717, 1.165) is 23.3 Å². The van der Waals surface area contributed by atoms with E-state index in [0.29, 0.717) is 49.1 Å². The molecule has 2 heterocycles. The topological polar surface area (TPSA) is 290 Å². The van der Waals surface area contributed by atoms with Crippen LogP contribution in [-0.2, 0) is 38.2 Å². The van der Waals surface area contributed by atoms with Crippen molar-refractivity contribution in [2.75, 3.05) is 13.1 Å². The Morgan fingerprint density at radius 3 is 1.80 bits per heavy atom. The van der Waals surface area contributed by atoms with E-state index in [1.54, 1.807) is 58.8 Å². The summed E-state index contributed by atoms with van der Waals surface area (Å²) in [4.78, 5) is 92.7. The molecule has 3 amide bonds. The van der Waals surface area contributed by atoms with Gasteiger partial charge in [0.15, 0.2) is 17.3 Å². The molecule has 1 aliphatic heterocycles. The molecule has 458 valence electrons. The number of benzene rings is 4. The summed E-state index contributed by atoms with van der Waals surface area (Å²) in [5, 5.41) is 56.7. The number of hydrogen-bond donors (Lipinski definition) is 8. The minimum Gasteiger partial charge on any atom is -0.449 e. The lowest BCUT2D eigenvalue weighted by molar-refractivity contribution is -0.138. The van der Waals surface area contributed by atoms with E-state index >= 15 is 0 Å². The van der Waals surface area contributed by atoms with Crippen LogP contribution in [0.5, 0.6) is 0 Å². The molecule has 1 saturated carbocycles. The third kappa shape index (κ3) is 20.7. The molecule has 3 atom stereocenters. The van der Waals surface area contributed by atoms with Gasteiger partial charge in [-0.1, -0.05) is 128 Å². The van der Waals surface area contributed by atoms with Crippen LogP contribution >= 0.6 is 0 Å². The maximum absolute atomic E-state index is 13.9. The fourth-order valence-corrected chi connectivity index (χ4v) is 9.23. The highest BCUT2D eigenvalue weighted by atomic mass is 19.4. The van der Waals surface area contributed by atoms with Crippen LogP contribution in [-0.4, -0.2) is 134 Å². The summed E-state index contributed by atoms with van der Waals surface area (Å²) in [5.41, 5.74) is -1.15. The van der Waals surface area contributed by atoms with E-state index in [-0.39, 0.29) is 72.2 Å². The lowest BCUT2D eigenvalue weighted by Gasteiger charge is -2.31. The van der Waals surface area contributed by atoms with Gasteiger partial charge in [0.2, 0.25) is 11.8 Å². The van der Waals surface area contributed by atoms with Crippen LogP contribution in [0.25, 0.3) is 11.0 Å². The first-order chi connectivity index (χ1) is 40.1. The number of fused-ring (bicyclic) bond motifs is 1.